The highest BCUT2D eigenvalue weighted by Crippen LogP contribution is 2.15. The molecule has 6 heteroatoms. The van der Waals surface area contributed by atoms with E-state index in [1.165, 1.54) is 7.11 Å². The molecule has 126 valence electrons. The number of aliphatic hydroxyl groups is 2. The Morgan fingerprint density at radius 1 is 1.23 bits per heavy atom. The van der Waals surface area contributed by atoms with Crippen LogP contribution in [0, 0.1) is 5.41 Å². The summed E-state index contributed by atoms with van der Waals surface area (Å²) in [5.74, 6) is -0.455. The Kier molecular flexibility index (Phi) is 9.60. The Bertz CT molecular complexity index is 414. The fraction of sp³-hybridized carbons (Fsp3) is 0.562. The molecule has 0 spiro atoms. The van der Waals surface area contributed by atoms with Crippen molar-refractivity contribution in [3.05, 3.63) is 35.9 Å². The van der Waals surface area contributed by atoms with Crippen molar-refractivity contribution < 1.29 is 24.5 Å². The Morgan fingerprint density at radius 2 is 1.73 bits per heavy atom. The molecule has 0 heterocycles. The maximum absolute atomic E-state index is 10.9. The van der Waals surface area contributed by atoms with E-state index < -0.39 is 18.3 Å². The molecule has 0 saturated heterocycles. The van der Waals surface area contributed by atoms with Gasteiger partial charge < -0.3 is 25.4 Å². The van der Waals surface area contributed by atoms with Crippen molar-refractivity contribution in [1.82, 2.24) is 0 Å². The third-order valence-corrected chi connectivity index (χ3v) is 2.69. The minimum absolute atomic E-state index is 0.168. The minimum atomic E-state index is -1.20. The van der Waals surface area contributed by atoms with E-state index in [2.05, 4.69) is 4.74 Å². The minimum Gasteiger partial charge on any atom is -0.468 e. The van der Waals surface area contributed by atoms with Gasteiger partial charge in [-0.15, -0.1) is 0 Å². The van der Waals surface area contributed by atoms with E-state index in [9.17, 15) is 4.79 Å². The van der Waals surface area contributed by atoms with E-state index >= 15 is 0 Å². The van der Waals surface area contributed by atoms with Crippen molar-refractivity contribution in [2.45, 2.75) is 39.7 Å². The Balaban J connectivity index is 0.000000534. The van der Waals surface area contributed by atoms with E-state index in [0.29, 0.717) is 6.61 Å². The quantitative estimate of drug-likeness (QED) is 0.555. The first kappa shape index (κ1) is 20.5. The molecule has 0 saturated carbocycles. The van der Waals surface area contributed by atoms with Gasteiger partial charge in [-0.05, 0) is 5.56 Å². The summed E-state index contributed by atoms with van der Waals surface area (Å²) in [5, 5.41) is 16.9. The molecule has 0 radical (unpaired) electrons. The van der Waals surface area contributed by atoms with Crippen LogP contribution in [0.2, 0.25) is 0 Å². The SMILES string of the molecule is CC(C)(C)C(O)O.COC(=O)C(N)COCc1ccccc1. The van der Waals surface area contributed by atoms with Crippen molar-refractivity contribution >= 4 is 5.97 Å². The van der Waals surface area contributed by atoms with Crippen LogP contribution in [0.25, 0.3) is 0 Å². The van der Waals surface area contributed by atoms with E-state index in [1.807, 2.05) is 30.3 Å². The number of rotatable bonds is 5. The third-order valence-electron chi connectivity index (χ3n) is 2.69. The number of esters is 1. The van der Waals surface area contributed by atoms with E-state index in [0.717, 1.165) is 5.56 Å². The van der Waals surface area contributed by atoms with Crippen molar-refractivity contribution in [1.29, 1.82) is 0 Å². The lowest BCUT2D eigenvalue weighted by atomic mass is 9.96. The molecule has 0 amide bonds. The van der Waals surface area contributed by atoms with Crippen molar-refractivity contribution in [3.8, 4) is 0 Å². The summed E-state index contributed by atoms with van der Waals surface area (Å²) in [4.78, 5) is 10.9. The highest BCUT2D eigenvalue weighted by molar-refractivity contribution is 5.75. The first-order valence-electron chi connectivity index (χ1n) is 6.99. The maximum Gasteiger partial charge on any atom is 0.325 e. The molecule has 1 atom stereocenters. The zero-order valence-corrected chi connectivity index (χ0v) is 13.7. The van der Waals surface area contributed by atoms with Crippen LogP contribution < -0.4 is 5.73 Å². The molecule has 1 aromatic carbocycles. The number of carbonyl (C=O) groups is 1. The second kappa shape index (κ2) is 10.3. The molecule has 1 rings (SSSR count). The van der Waals surface area contributed by atoms with Crippen LogP contribution >= 0.6 is 0 Å². The van der Waals surface area contributed by atoms with E-state index in [-0.39, 0.29) is 12.0 Å². The Hall–Kier alpha value is -1.47. The van der Waals surface area contributed by atoms with Gasteiger partial charge in [-0.3, -0.25) is 4.79 Å². The lowest BCUT2D eigenvalue weighted by Gasteiger charge is -2.19. The average molecular weight is 313 g/mol. The van der Waals surface area contributed by atoms with Crippen LogP contribution in [0.3, 0.4) is 0 Å². The van der Waals surface area contributed by atoms with Gasteiger partial charge in [-0.2, -0.15) is 0 Å². The Morgan fingerprint density at radius 3 is 2.14 bits per heavy atom. The van der Waals surface area contributed by atoms with Gasteiger partial charge in [0.15, 0.2) is 6.29 Å². The number of ether oxygens (including phenoxy) is 2. The van der Waals surface area contributed by atoms with Gasteiger partial charge in [-0.25, -0.2) is 0 Å². The standard InChI is InChI=1S/C11H15NO3.C5H12O2/c1-14-11(13)10(12)8-15-7-9-5-3-2-4-6-9;1-5(2,3)4(6)7/h2-6,10H,7-8,12H2,1H3;4,6-7H,1-3H3. The topological polar surface area (TPSA) is 102 Å². The molecule has 1 aromatic rings. The summed E-state index contributed by atoms with van der Waals surface area (Å²) in [6.45, 7) is 5.90. The lowest BCUT2D eigenvalue weighted by molar-refractivity contribution is -0.143. The van der Waals surface area contributed by atoms with E-state index in [1.54, 1.807) is 20.8 Å². The molecule has 22 heavy (non-hydrogen) atoms. The summed E-state index contributed by atoms with van der Waals surface area (Å²) in [6.07, 6.45) is -1.20. The van der Waals surface area contributed by atoms with E-state index in [4.69, 9.17) is 20.7 Å². The zero-order valence-electron chi connectivity index (χ0n) is 13.7. The molecule has 6 nitrogen and oxygen atoms in total. The largest absolute Gasteiger partial charge is 0.468 e. The molecular formula is C16H27NO5. The monoisotopic (exact) mass is 313 g/mol. The second-order valence-corrected chi connectivity index (χ2v) is 5.87. The smallest absolute Gasteiger partial charge is 0.325 e. The number of hydrogen-bond donors (Lipinski definition) is 3. The molecular weight excluding hydrogens is 286 g/mol. The molecule has 1 unspecified atom stereocenters. The fourth-order valence-electron chi connectivity index (χ4n) is 1.10. The van der Waals surface area contributed by atoms with Gasteiger partial charge in [0.1, 0.15) is 6.04 Å². The molecule has 0 aromatic heterocycles. The highest BCUT2D eigenvalue weighted by atomic mass is 16.5. The van der Waals surface area contributed by atoms with Gasteiger partial charge >= 0.3 is 5.97 Å². The number of nitrogens with two attached hydrogens (primary N) is 1. The van der Waals surface area contributed by atoms with Crippen molar-refractivity contribution in [2.24, 2.45) is 11.1 Å². The maximum atomic E-state index is 10.9. The second-order valence-electron chi connectivity index (χ2n) is 5.87. The van der Waals surface area contributed by atoms with Crippen LogP contribution in [-0.4, -0.2) is 42.2 Å². The van der Waals surface area contributed by atoms with Crippen molar-refractivity contribution in [2.75, 3.05) is 13.7 Å². The summed E-state index contributed by atoms with van der Waals surface area (Å²) >= 11 is 0. The number of carbonyl (C=O) groups excluding carboxylic acids is 1. The first-order chi connectivity index (χ1) is 10.2. The number of aliphatic hydroxyl groups excluding tert-OH is 1. The van der Waals surface area contributed by atoms with Gasteiger partial charge in [-0.1, -0.05) is 51.1 Å². The van der Waals surface area contributed by atoms with Crippen LogP contribution in [-0.2, 0) is 20.9 Å². The number of methoxy groups -OCH3 is 1. The summed E-state index contributed by atoms with van der Waals surface area (Å²) in [6, 6.07) is 8.98. The lowest BCUT2D eigenvalue weighted by Crippen LogP contribution is -2.36. The summed E-state index contributed by atoms with van der Waals surface area (Å²) in [5.41, 5.74) is 6.15. The fourth-order valence-corrected chi connectivity index (χ4v) is 1.10. The molecule has 0 aliphatic heterocycles. The summed E-state index contributed by atoms with van der Waals surface area (Å²) in [7, 11) is 1.30. The third kappa shape index (κ3) is 9.46. The number of hydrogen-bond acceptors (Lipinski definition) is 6. The first-order valence-corrected chi connectivity index (χ1v) is 6.99. The zero-order chi connectivity index (χ0) is 17.2. The normalized spacial score (nSPS) is 12.4. The summed E-state index contributed by atoms with van der Waals surface area (Å²) < 4.78 is 9.75. The molecule has 0 fully saturated rings. The predicted octanol–water partition coefficient (Wildman–Crippen LogP) is 1.05. The molecule has 4 N–H and O–H groups in total. The van der Waals surface area contributed by atoms with Gasteiger partial charge in [0.05, 0.1) is 20.3 Å². The molecule has 0 aliphatic rings. The molecule has 0 bridgehead atoms. The highest BCUT2D eigenvalue weighted by Gasteiger charge is 2.18. The predicted molar refractivity (Wildman–Crippen MR) is 83.8 cm³/mol. The van der Waals surface area contributed by atoms with Crippen molar-refractivity contribution in [3.63, 3.8) is 0 Å². The number of benzene rings is 1. The van der Waals surface area contributed by atoms with Gasteiger partial charge in [0.2, 0.25) is 0 Å². The van der Waals surface area contributed by atoms with Crippen LogP contribution in [0.4, 0.5) is 0 Å². The van der Waals surface area contributed by atoms with Gasteiger partial charge in [0, 0.05) is 5.41 Å². The van der Waals surface area contributed by atoms with Crippen LogP contribution in [0.15, 0.2) is 30.3 Å². The Labute approximate surface area is 131 Å². The van der Waals surface area contributed by atoms with Crippen LogP contribution in [0.1, 0.15) is 26.3 Å². The average Bonchev–Trinajstić information content (AvgIpc) is 2.47. The van der Waals surface area contributed by atoms with Crippen LogP contribution in [0.5, 0.6) is 0 Å². The van der Waals surface area contributed by atoms with Gasteiger partial charge in [0.25, 0.3) is 0 Å². The molecule has 0 aliphatic carbocycles.